The fourth-order valence-corrected chi connectivity index (χ4v) is 12.1. The number of benzene rings is 14. The molecule has 406 valence electrons. The molecule has 4 heteroatoms. The molecule has 0 saturated heterocycles. The van der Waals surface area contributed by atoms with Crippen LogP contribution in [0.15, 0.2) is 350 Å². The highest BCUT2D eigenvalue weighted by atomic mass is 16.3. The molecule has 15 rings (SSSR count). The Kier molecular flexibility index (Phi) is 13.6. The molecule has 0 N–H and O–H groups in total. The van der Waals surface area contributed by atoms with Crippen LogP contribution in [0, 0.1) is 0 Å². The quantitative estimate of drug-likeness (QED) is 0.108. The monoisotopic (exact) mass is 1100 g/mol. The van der Waals surface area contributed by atoms with Crippen molar-refractivity contribution >= 4 is 83.9 Å². The van der Waals surface area contributed by atoms with Gasteiger partial charge in [0.05, 0.1) is 17.1 Å². The van der Waals surface area contributed by atoms with Gasteiger partial charge in [-0.05, 0) is 176 Å². The van der Waals surface area contributed by atoms with Crippen LogP contribution in [0.4, 0.5) is 51.2 Å². The van der Waals surface area contributed by atoms with Crippen LogP contribution in [0.2, 0.25) is 0 Å². The van der Waals surface area contributed by atoms with Gasteiger partial charge in [-0.2, -0.15) is 0 Å². The molecule has 86 heavy (non-hydrogen) atoms. The molecule has 0 amide bonds. The third-order valence-corrected chi connectivity index (χ3v) is 16.4. The van der Waals surface area contributed by atoms with Gasteiger partial charge < -0.3 is 19.1 Å². The summed E-state index contributed by atoms with van der Waals surface area (Å²) in [6.45, 7) is 0. The zero-order valence-electron chi connectivity index (χ0n) is 47.2. The lowest BCUT2D eigenvalue weighted by Gasteiger charge is -2.33. The van der Waals surface area contributed by atoms with Crippen molar-refractivity contribution in [2.45, 2.75) is 0 Å². The molecule has 0 aliphatic rings. The van der Waals surface area contributed by atoms with E-state index >= 15 is 0 Å². The Morgan fingerprint density at radius 3 is 0.965 bits per heavy atom. The second-order valence-corrected chi connectivity index (χ2v) is 21.8. The third-order valence-electron chi connectivity index (χ3n) is 16.4. The predicted octanol–water partition coefficient (Wildman–Crippen LogP) is 23.5. The Hall–Kier alpha value is -11.5. The summed E-state index contributed by atoms with van der Waals surface area (Å²) in [5.41, 5.74) is 22.2. The molecule has 0 radical (unpaired) electrons. The van der Waals surface area contributed by atoms with Gasteiger partial charge in [-0.15, -0.1) is 0 Å². The number of hydrogen-bond acceptors (Lipinski definition) is 4. The fourth-order valence-electron chi connectivity index (χ4n) is 12.1. The highest BCUT2D eigenvalue weighted by molar-refractivity contribution is 6.06. The first-order chi connectivity index (χ1) is 42.6. The Balaban J connectivity index is 0.976. The molecule has 0 bridgehead atoms. The van der Waals surface area contributed by atoms with Gasteiger partial charge in [0, 0.05) is 44.9 Å². The summed E-state index contributed by atoms with van der Waals surface area (Å²) in [5, 5.41) is 4.54. The van der Waals surface area contributed by atoms with Crippen LogP contribution in [0.5, 0.6) is 0 Å². The molecule has 1 aromatic heterocycles. The number of nitrogens with zero attached hydrogens (tertiary/aromatic N) is 3. The number of fused-ring (bicyclic) bond motifs is 4. The van der Waals surface area contributed by atoms with Gasteiger partial charge in [0.25, 0.3) is 0 Å². The molecule has 14 aromatic carbocycles. The van der Waals surface area contributed by atoms with Gasteiger partial charge in [0.1, 0.15) is 11.2 Å². The van der Waals surface area contributed by atoms with Gasteiger partial charge in [-0.25, -0.2) is 0 Å². The van der Waals surface area contributed by atoms with Crippen LogP contribution >= 0.6 is 0 Å². The van der Waals surface area contributed by atoms with E-state index in [4.69, 9.17) is 4.42 Å². The first kappa shape index (κ1) is 51.4. The van der Waals surface area contributed by atoms with Crippen molar-refractivity contribution in [2.24, 2.45) is 0 Å². The van der Waals surface area contributed by atoms with Crippen molar-refractivity contribution in [3.8, 4) is 55.6 Å². The summed E-state index contributed by atoms with van der Waals surface area (Å²) in [7, 11) is 0. The molecule has 1 heterocycles. The molecular formula is C82H57N3O. The van der Waals surface area contributed by atoms with Gasteiger partial charge in [0.2, 0.25) is 0 Å². The Morgan fingerprint density at radius 2 is 0.488 bits per heavy atom. The maximum Gasteiger partial charge on any atom is 0.135 e. The molecule has 0 aliphatic carbocycles. The molecule has 15 aromatic rings. The topological polar surface area (TPSA) is 22.9 Å². The zero-order chi connectivity index (χ0) is 57.2. The molecule has 0 aliphatic heterocycles. The van der Waals surface area contributed by atoms with E-state index in [1.807, 2.05) is 12.1 Å². The lowest BCUT2D eigenvalue weighted by Crippen LogP contribution is -2.16. The average Bonchev–Trinajstić information content (AvgIpc) is 3.11. The van der Waals surface area contributed by atoms with Gasteiger partial charge in [0.15, 0.2) is 0 Å². The molecule has 0 fully saturated rings. The van der Waals surface area contributed by atoms with Crippen LogP contribution in [0.25, 0.3) is 88.3 Å². The van der Waals surface area contributed by atoms with Crippen LogP contribution in [-0.2, 0) is 0 Å². The standard InChI is InChI=1S/C82H57N3O/c1-5-19-58(20-6-1)63-35-43-70(44-36-63)83(73-31-17-29-67(51-73)60-23-9-3-10-24-60)76-55-77(84(71-45-37-64(38-46-71)59-21-7-2-8-22-59)74-32-18-30-68(52-74)61-25-11-4-12-26-61)57-78(56-76)85(75-49-41-62-27-13-14-28-66(62)53-75)72-47-39-65(40-48-72)69-42-50-82-80(54-69)79-33-15-16-34-81(79)86-82/h1-57H. The molecule has 0 atom stereocenters. The lowest BCUT2D eigenvalue weighted by molar-refractivity contribution is 0.669. The van der Waals surface area contributed by atoms with Crippen LogP contribution in [0.1, 0.15) is 0 Å². The fraction of sp³-hybridized carbons (Fsp3) is 0. The summed E-state index contributed by atoms with van der Waals surface area (Å²) >= 11 is 0. The maximum absolute atomic E-state index is 6.27. The highest BCUT2D eigenvalue weighted by Crippen LogP contribution is 2.48. The average molecular weight is 1100 g/mol. The van der Waals surface area contributed by atoms with E-state index in [1.54, 1.807) is 0 Å². The molecule has 0 spiro atoms. The Labute approximate surface area is 501 Å². The summed E-state index contributed by atoms with van der Waals surface area (Å²) in [6, 6.07) is 125. The zero-order valence-corrected chi connectivity index (χ0v) is 47.2. The van der Waals surface area contributed by atoms with E-state index in [9.17, 15) is 0 Å². The second-order valence-electron chi connectivity index (χ2n) is 21.8. The van der Waals surface area contributed by atoms with Crippen molar-refractivity contribution in [3.63, 3.8) is 0 Å². The minimum Gasteiger partial charge on any atom is -0.456 e. The molecule has 4 nitrogen and oxygen atoms in total. The SMILES string of the molecule is c1ccc(-c2ccc(N(c3cccc(-c4ccccc4)c3)c3cc(N(c4ccc(-c5ccccc5)cc4)c4cccc(-c5ccccc5)c4)cc(N(c4ccc(-c5ccc6oc7ccccc7c6c5)cc4)c4ccc5ccccc5c4)c3)cc2)cc1. The van der Waals surface area contributed by atoms with Crippen molar-refractivity contribution in [3.05, 3.63) is 346 Å². The Bertz CT molecular complexity index is 4660. The van der Waals surface area contributed by atoms with Crippen LogP contribution < -0.4 is 14.7 Å². The van der Waals surface area contributed by atoms with Gasteiger partial charge in [-0.1, -0.05) is 237 Å². The van der Waals surface area contributed by atoms with Crippen molar-refractivity contribution < 1.29 is 4.42 Å². The lowest BCUT2D eigenvalue weighted by atomic mass is 10.0. The molecule has 0 unspecified atom stereocenters. The first-order valence-electron chi connectivity index (χ1n) is 29.3. The summed E-state index contributed by atoms with van der Waals surface area (Å²) in [6.07, 6.45) is 0. The third kappa shape index (κ3) is 10.2. The molecular weight excluding hydrogens is 1040 g/mol. The highest BCUT2D eigenvalue weighted by Gasteiger charge is 2.24. The number of rotatable bonds is 14. The van der Waals surface area contributed by atoms with Crippen molar-refractivity contribution in [1.82, 2.24) is 0 Å². The summed E-state index contributed by atoms with van der Waals surface area (Å²) in [5.74, 6) is 0. The number of furan rings is 1. The van der Waals surface area contributed by atoms with E-state index in [0.29, 0.717) is 0 Å². The summed E-state index contributed by atoms with van der Waals surface area (Å²) < 4.78 is 6.27. The minimum atomic E-state index is 0.880. The van der Waals surface area contributed by atoms with E-state index in [0.717, 1.165) is 123 Å². The van der Waals surface area contributed by atoms with Crippen LogP contribution in [-0.4, -0.2) is 0 Å². The minimum absolute atomic E-state index is 0.880. The summed E-state index contributed by atoms with van der Waals surface area (Å²) in [4.78, 5) is 7.26. The predicted molar refractivity (Wildman–Crippen MR) is 362 cm³/mol. The van der Waals surface area contributed by atoms with Gasteiger partial charge in [-0.3, -0.25) is 0 Å². The van der Waals surface area contributed by atoms with Gasteiger partial charge >= 0.3 is 0 Å². The van der Waals surface area contributed by atoms with E-state index in [2.05, 4.69) is 348 Å². The number of para-hydroxylation sites is 1. The van der Waals surface area contributed by atoms with E-state index in [-0.39, 0.29) is 0 Å². The smallest absolute Gasteiger partial charge is 0.135 e. The van der Waals surface area contributed by atoms with Crippen LogP contribution in [0.3, 0.4) is 0 Å². The maximum atomic E-state index is 6.27. The van der Waals surface area contributed by atoms with Crippen molar-refractivity contribution in [2.75, 3.05) is 14.7 Å². The largest absolute Gasteiger partial charge is 0.456 e. The Morgan fingerprint density at radius 1 is 0.163 bits per heavy atom. The van der Waals surface area contributed by atoms with E-state index < -0.39 is 0 Å². The normalized spacial score (nSPS) is 11.3. The number of hydrogen-bond donors (Lipinski definition) is 0. The van der Waals surface area contributed by atoms with Crippen molar-refractivity contribution in [1.29, 1.82) is 0 Å². The molecule has 0 saturated carbocycles. The number of anilines is 9. The second kappa shape index (κ2) is 22.7. The first-order valence-corrected chi connectivity index (χ1v) is 29.3. The van der Waals surface area contributed by atoms with E-state index in [1.165, 1.54) is 16.5 Å².